The number of benzene rings is 1. The maximum absolute atomic E-state index is 5.60. The van der Waals surface area contributed by atoms with E-state index in [1.165, 1.54) is 10.9 Å². The van der Waals surface area contributed by atoms with Crippen molar-refractivity contribution in [2.75, 3.05) is 33.3 Å². The zero-order valence-corrected chi connectivity index (χ0v) is 10.7. The Morgan fingerprint density at radius 1 is 1.22 bits per heavy atom. The minimum absolute atomic E-state index is 0.964. The van der Waals surface area contributed by atoms with Gasteiger partial charge in [-0.15, -0.1) is 0 Å². The van der Waals surface area contributed by atoms with Crippen molar-refractivity contribution in [3.05, 3.63) is 30.0 Å². The van der Waals surface area contributed by atoms with Gasteiger partial charge in [0.15, 0.2) is 0 Å². The van der Waals surface area contributed by atoms with Crippen molar-refractivity contribution < 1.29 is 4.74 Å². The van der Waals surface area contributed by atoms with E-state index in [4.69, 9.17) is 4.74 Å². The summed E-state index contributed by atoms with van der Waals surface area (Å²) < 4.78 is 5.60. The summed E-state index contributed by atoms with van der Waals surface area (Å²) in [5.74, 6) is 1.01. The van der Waals surface area contributed by atoms with Gasteiger partial charge in [0.2, 0.25) is 0 Å². The molecule has 0 unspecified atom stereocenters. The molecule has 0 spiro atoms. The molecular formula is C14H19N3O. The zero-order valence-electron chi connectivity index (χ0n) is 10.7. The minimum atomic E-state index is 0.964. The molecule has 4 nitrogen and oxygen atoms in total. The van der Waals surface area contributed by atoms with Crippen LogP contribution in [0.15, 0.2) is 24.4 Å². The molecule has 1 aliphatic rings. The number of rotatable bonds is 3. The normalized spacial score (nSPS) is 17.2. The van der Waals surface area contributed by atoms with Gasteiger partial charge in [-0.3, -0.25) is 4.90 Å². The predicted octanol–water partition coefficient (Wildman–Crippen LogP) is 1.58. The molecule has 1 saturated heterocycles. The van der Waals surface area contributed by atoms with Crippen molar-refractivity contribution in [3.63, 3.8) is 0 Å². The fourth-order valence-corrected chi connectivity index (χ4v) is 2.63. The molecule has 2 heterocycles. The van der Waals surface area contributed by atoms with Crippen LogP contribution in [0.4, 0.5) is 0 Å². The SMILES string of the molecule is COc1c(CN2CCNCC2)ccc2[nH]ccc12. The van der Waals surface area contributed by atoms with E-state index in [2.05, 4.69) is 33.4 Å². The third-order valence-electron chi connectivity index (χ3n) is 3.57. The largest absolute Gasteiger partial charge is 0.496 e. The van der Waals surface area contributed by atoms with Gasteiger partial charge < -0.3 is 15.0 Å². The van der Waals surface area contributed by atoms with Crippen molar-refractivity contribution in [3.8, 4) is 5.75 Å². The first-order chi connectivity index (χ1) is 8.88. The Kier molecular flexibility index (Phi) is 3.21. The van der Waals surface area contributed by atoms with Gasteiger partial charge in [0.1, 0.15) is 5.75 Å². The number of hydrogen-bond donors (Lipinski definition) is 2. The van der Waals surface area contributed by atoms with Gasteiger partial charge >= 0.3 is 0 Å². The van der Waals surface area contributed by atoms with E-state index < -0.39 is 0 Å². The van der Waals surface area contributed by atoms with E-state index in [1.54, 1.807) is 7.11 Å². The smallest absolute Gasteiger partial charge is 0.132 e. The molecule has 1 aromatic carbocycles. The molecule has 0 aliphatic carbocycles. The molecule has 0 amide bonds. The molecule has 1 aliphatic heterocycles. The van der Waals surface area contributed by atoms with Crippen LogP contribution < -0.4 is 10.1 Å². The number of ether oxygens (including phenoxy) is 1. The third-order valence-corrected chi connectivity index (χ3v) is 3.57. The number of piperazine rings is 1. The van der Waals surface area contributed by atoms with Crippen LogP contribution in [-0.4, -0.2) is 43.2 Å². The Balaban J connectivity index is 1.90. The van der Waals surface area contributed by atoms with Crippen LogP contribution in [0.25, 0.3) is 10.9 Å². The maximum atomic E-state index is 5.60. The van der Waals surface area contributed by atoms with Crippen molar-refractivity contribution in [2.24, 2.45) is 0 Å². The molecule has 0 atom stereocenters. The average Bonchev–Trinajstić information content (AvgIpc) is 2.88. The summed E-state index contributed by atoms with van der Waals surface area (Å²) in [5.41, 5.74) is 2.41. The maximum Gasteiger partial charge on any atom is 0.132 e. The molecule has 4 heteroatoms. The van der Waals surface area contributed by atoms with Crippen LogP contribution in [-0.2, 0) is 6.54 Å². The Morgan fingerprint density at radius 2 is 2.06 bits per heavy atom. The van der Waals surface area contributed by atoms with Gasteiger partial charge in [-0.2, -0.15) is 0 Å². The van der Waals surface area contributed by atoms with Gasteiger partial charge in [0.25, 0.3) is 0 Å². The summed E-state index contributed by atoms with van der Waals surface area (Å²) in [6.07, 6.45) is 1.96. The predicted molar refractivity (Wildman–Crippen MR) is 73.0 cm³/mol. The Bertz CT molecular complexity index is 529. The van der Waals surface area contributed by atoms with E-state index in [-0.39, 0.29) is 0 Å². The quantitative estimate of drug-likeness (QED) is 0.862. The number of hydrogen-bond acceptors (Lipinski definition) is 3. The van der Waals surface area contributed by atoms with E-state index in [0.717, 1.165) is 44.0 Å². The lowest BCUT2D eigenvalue weighted by molar-refractivity contribution is 0.230. The van der Waals surface area contributed by atoms with Crippen molar-refractivity contribution in [1.82, 2.24) is 15.2 Å². The van der Waals surface area contributed by atoms with Crippen molar-refractivity contribution >= 4 is 10.9 Å². The average molecular weight is 245 g/mol. The molecule has 0 bridgehead atoms. The number of nitrogens with zero attached hydrogens (tertiary/aromatic N) is 1. The monoisotopic (exact) mass is 245 g/mol. The highest BCUT2D eigenvalue weighted by Gasteiger charge is 2.14. The Labute approximate surface area is 107 Å². The number of fused-ring (bicyclic) bond motifs is 1. The van der Waals surface area contributed by atoms with Gasteiger partial charge in [0.05, 0.1) is 7.11 Å². The van der Waals surface area contributed by atoms with Crippen LogP contribution in [0.1, 0.15) is 5.56 Å². The summed E-state index contributed by atoms with van der Waals surface area (Å²) in [5, 5.41) is 4.55. The van der Waals surface area contributed by atoms with E-state index in [9.17, 15) is 0 Å². The van der Waals surface area contributed by atoms with Crippen LogP contribution in [0.3, 0.4) is 0 Å². The highest BCUT2D eigenvalue weighted by Crippen LogP contribution is 2.30. The molecular weight excluding hydrogens is 226 g/mol. The molecule has 96 valence electrons. The van der Waals surface area contributed by atoms with E-state index >= 15 is 0 Å². The molecule has 0 saturated carbocycles. The van der Waals surface area contributed by atoms with Crippen molar-refractivity contribution in [2.45, 2.75) is 6.54 Å². The van der Waals surface area contributed by atoms with Gasteiger partial charge in [-0.1, -0.05) is 6.07 Å². The molecule has 3 rings (SSSR count). The first-order valence-electron chi connectivity index (χ1n) is 6.44. The fourth-order valence-electron chi connectivity index (χ4n) is 2.63. The second-order valence-corrected chi connectivity index (χ2v) is 4.72. The molecule has 2 N–H and O–H groups in total. The Hall–Kier alpha value is -1.52. The first-order valence-corrected chi connectivity index (χ1v) is 6.44. The van der Waals surface area contributed by atoms with Gasteiger partial charge in [0, 0.05) is 55.4 Å². The zero-order chi connectivity index (χ0) is 12.4. The molecule has 2 aromatic rings. The number of nitrogens with one attached hydrogen (secondary N) is 2. The number of aromatic nitrogens is 1. The number of methoxy groups -OCH3 is 1. The van der Waals surface area contributed by atoms with Crippen molar-refractivity contribution in [1.29, 1.82) is 0 Å². The molecule has 1 fully saturated rings. The molecule has 18 heavy (non-hydrogen) atoms. The van der Waals surface area contributed by atoms with E-state index in [0.29, 0.717) is 0 Å². The third kappa shape index (κ3) is 2.09. The summed E-state index contributed by atoms with van der Waals surface area (Å²) in [6.45, 7) is 5.33. The summed E-state index contributed by atoms with van der Waals surface area (Å²) in [4.78, 5) is 5.69. The first kappa shape index (κ1) is 11.6. The van der Waals surface area contributed by atoms with Crippen LogP contribution in [0.5, 0.6) is 5.75 Å². The highest BCUT2D eigenvalue weighted by molar-refractivity contribution is 5.87. The summed E-state index contributed by atoms with van der Waals surface area (Å²) >= 11 is 0. The van der Waals surface area contributed by atoms with E-state index in [1.807, 2.05) is 6.20 Å². The van der Waals surface area contributed by atoms with Crippen LogP contribution in [0, 0.1) is 0 Å². The standard InChI is InChI=1S/C14H19N3O/c1-18-14-11(10-17-8-6-15-7-9-17)2-3-13-12(14)4-5-16-13/h2-5,15-16H,6-10H2,1H3. The lowest BCUT2D eigenvalue weighted by atomic mass is 10.1. The fraction of sp³-hybridized carbons (Fsp3) is 0.429. The lowest BCUT2D eigenvalue weighted by Gasteiger charge is -2.27. The summed E-state index contributed by atoms with van der Waals surface area (Å²) in [6, 6.07) is 6.38. The lowest BCUT2D eigenvalue weighted by Crippen LogP contribution is -2.42. The molecule has 1 aromatic heterocycles. The number of H-pyrrole nitrogens is 1. The minimum Gasteiger partial charge on any atom is -0.496 e. The Morgan fingerprint density at radius 3 is 2.83 bits per heavy atom. The molecule has 0 radical (unpaired) electrons. The highest BCUT2D eigenvalue weighted by atomic mass is 16.5. The summed E-state index contributed by atoms with van der Waals surface area (Å²) in [7, 11) is 1.75. The van der Waals surface area contributed by atoms with Crippen LogP contribution >= 0.6 is 0 Å². The second kappa shape index (κ2) is 5.00. The number of aromatic amines is 1. The van der Waals surface area contributed by atoms with Gasteiger partial charge in [-0.25, -0.2) is 0 Å². The topological polar surface area (TPSA) is 40.3 Å². The second-order valence-electron chi connectivity index (χ2n) is 4.72. The van der Waals surface area contributed by atoms with Gasteiger partial charge in [-0.05, 0) is 12.1 Å². The van der Waals surface area contributed by atoms with Crippen LogP contribution in [0.2, 0.25) is 0 Å².